The number of fused-ring (bicyclic) bond motifs is 2. The number of hydrogen-bond acceptors (Lipinski definition) is 12. The van der Waals surface area contributed by atoms with Gasteiger partial charge in [-0.05, 0) is 96.3 Å². The zero-order valence-electron chi connectivity index (χ0n) is 33.4. The van der Waals surface area contributed by atoms with Crippen molar-refractivity contribution in [1.82, 2.24) is 14.6 Å². The van der Waals surface area contributed by atoms with E-state index in [1.54, 1.807) is 48.5 Å². The van der Waals surface area contributed by atoms with Crippen molar-refractivity contribution in [3.63, 3.8) is 0 Å². The highest BCUT2D eigenvalue weighted by Crippen LogP contribution is 2.42. The number of aryl methyl sites for hydroxylation is 1. The van der Waals surface area contributed by atoms with Crippen molar-refractivity contribution in [2.75, 3.05) is 19.0 Å². The number of carbonyl (C=O) groups excluding carboxylic acids is 3. The molecule has 0 radical (unpaired) electrons. The summed E-state index contributed by atoms with van der Waals surface area (Å²) in [6.07, 6.45) is -0.753. The Morgan fingerprint density at radius 1 is 1.00 bits per heavy atom. The molecule has 4 aromatic carbocycles. The number of aromatic nitrogens is 1. The lowest BCUT2D eigenvalue weighted by Crippen LogP contribution is -2.55. The van der Waals surface area contributed by atoms with Gasteiger partial charge in [0.1, 0.15) is 31.0 Å². The van der Waals surface area contributed by atoms with E-state index < -0.39 is 46.0 Å². The molecule has 318 valence electrons. The molecule has 5 aromatic rings. The number of sulfonamides is 1. The van der Waals surface area contributed by atoms with Crippen LogP contribution in [0, 0.1) is 30.1 Å². The van der Waals surface area contributed by atoms with Crippen LogP contribution in [0.4, 0.5) is 5.13 Å². The summed E-state index contributed by atoms with van der Waals surface area (Å²) in [5, 5.41) is 15.3. The molecule has 2 N–H and O–H groups in total. The fourth-order valence-electron chi connectivity index (χ4n) is 6.76. The summed E-state index contributed by atoms with van der Waals surface area (Å²) in [6.45, 7) is 2.98. The fourth-order valence-corrected chi connectivity index (χ4v) is 10.2. The monoisotopic (exact) mass is 913 g/mol. The summed E-state index contributed by atoms with van der Waals surface area (Å²) in [4.78, 5) is 43.3. The van der Waals surface area contributed by atoms with E-state index in [1.165, 1.54) is 21.0 Å². The molecule has 0 saturated heterocycles. The predicted octanol–water partition coefficient (Wildman–Crippen LogP) is 6.90. The summed E-state index contributed by atoms with van der Waals surface area (Å²) in [6, 6.07) is 22.1. The van der Waals surface area contributed by atoms with Gasteiger partial charge in [0, 0.05) is 25.5 Å². The van der Waals surface area contributed by atoms with Gasteiger partial charge in [-0.1, -0.05) is 64.6 Å². The van der Waals surface area contributed by atoms with Gasteiger partial charge in [0.2, 0.25) is 11.8 Å². The molecule has 14 nitrogen and oxygen atoms in total. The number of halogens is 2. The lowest BCUT2D eigenvalue weighted by atomic mass is 9.94. The van der Waals surface area contributed by atoms with Crippen molar-refractivity contribution in [1.29, 1.82) is 5.26 Å². The van der Waals surface area contributed by atoms with Crippen molar-refractivity contribution in [2.45, 2.75) is 62.2 Å². The number of nitriles is 1. The predicted molar refractivity (Wildman–Crippen MR) is 231 cm³/mol. The second kappa shape index (κ2) is 18.9. The minimum Gasteiger partial charge on any atom is -0.489 e. The molecule has 18 heteroatoms. The zero-order chi connectivity index (χ0) is 44.1. The molecule has 0 saturated carbocycles. The normalized spacial score (nSPS) is 16.1. The smallest absolute Gasteiger partial charge is 0.329 e. The van der Waals surface area contributed by atoms with Gasteiger partial charge in [0.25, 0.3) is 10.0 Å². The van der Waals surface area contributed by atoms with Crippen LogP contribution in [-0.4, -0.2) is 61.3 Å². The molecule has 0 bridgehead atoms. The Morgan fingerprint density at radius 2 is 1.73 bits per heavy atom. The molecule has 2 aliphatic heterocycles. The summed E-state index contributed by atoms with van der Waals surface area (Å²) < 4.78 is 53.6. The van der Waals surface area contributed by atoms with Gasteiger partial charge < -0.3 is 29.6 Å². The number of ether oxygens (including phenoxy) is 4. The average molecular weight is 915 g/mol. The molecule has 2 amide bonds. The Hall–Kier alpha value is -6.14. The molecule has 62 heavy (non-hydrogen) atoms. The number of nitrogens with one attached hydrogen (secondary N) is 2. The van der Waals surface area contributed by atoms with Crippen molar-refractivity contribution in [3.8, 4) is 35.2 Å². The second-order valence-electron chi connectivity index (χ2n) is 14.2. The summed E-state index contributed by atoms with van der Waals surface area (Å²) in [5.41, 5.74) is 4.04. The van der Waals surface area contributed by atoms with E-state index in [9.17, 15) is 22.8 Å². The topological polar surface area (TPSA) is 186 Å². The molecule has 3 heterocycles. The first-order valence-electron chi connectivity index (χ1n) is 19.0. The van der Waals surface area contributed by atoms with Crippen molar-refractivity contribution in [2.24, 2.45) is 0 Å². The number of anilines is 1. The Balaban J connectivity index is 1.13. The van der Waals surface area contributed by atoms with Crippen LogP contribution in [-0.2, 0) is 48.7 Å². The SMILES string of the molecule is COC(=O)[C@H](CC#Cc1ccc(C#N)cc1)NC(=O)[C@@H]1Cc2cc3c(cc2CN1S(=O)(=O)c1sc(NC(C)=O)nc1C)OC(c1ccc(OCc2ccc(Cl)c(Cl)c2)cc1)CO3. The number of amides is 2. The minimum absolute atomic E-state index is 0.0790. The van der Waals surface area contributed by atoms with Crippen LogP contribution in [0.3, 0.4) is 0 Å². The van der Waals surface area contributed by atoms with Gasteiger partial charge in [0.05, 0.1) is 34.5 Å². The van der Waals surface area contributed by atoms with Crippen LogP contribution >= 0.6 is 34.5 Å². The molecule has 2 aliphatic rings. The number of carbonyl (C=O) groups is 3. The lowest BCUT2D eigenvalue weighted by molar-refractivity contribution is -0.145. The van der Waals surface area contributed by atoms with Gasteiger partial charge in [-0.15, -0.1) is 0 Å². The third kappa shape index (κ3) is 9.97. The Morgan fingerprint density at radius 3 is 2.42 bits per heavy atom. The maximum absolute atomic E-state index is 14.6. The lowest BCUT2D eigenvalue weighted by Gasteiger charge is -2.36. The van der Waals surface area contributed by atoms with Crippen molar-refractivity contribution < 1.29 is 41.7 Å². The maximum atomic E-state index is 14.6. The molecule has 0 fully saturated rings. The van der Waals surface area contributed by atoms with E-state index >= 15 is 0 Å². The number of hydrogen-bond donors (Lipinski definition) is 2. The number of methoxy groups -OCH3 is 1. The second-order valence-corrected chi connectivity index (χ2v) is 18.1. The van der Waals surface area contributed by atoms with Crippen LogP contribution < -0.4 is 24.8 Å². The van der Waals surface area contributed by atoms with E-state index in [4.69, 9.17) is 47.4 Å². The number of esters is 1. The first-order valence-corrected chi connectivity index (χ1v) is 22.0. The first-order chi connectivity index (χ1) is 29.7. The quantitative estimate of drug-likeness (QED) is 0.104. The third-order valence-electron chi connectivity index (χ3n) is 9.89. The van der Waals surface area contributed by atoms with Crippen LogP contribution in [0.2, 0.25) is 10.0 Å². The van der Waals surface area contributed by atoms with Crippen LogP contribution in [0.25, 0.3) is 0 Å². The van der Waals surface area contributed by atoms with E-state index in [-0.39, 0.29) is 47.6 Å². The van der Waals surface area contributed by atoms with Crippen molar-refractivity contribution >= 4 is 67.5 Å². The standard InChI is InChI=1S/C44H37Cl2N5O9S2/c1-25-43(61-44(48-25)49-26(2)52)62(55,56)51-22-32-20-39-38(59-24-40(60-39)30-12-14-33(15-13-30)58-23-29-11-16-34(45)35(46)17-29)19-31(32)18-37(51)41(53)50-36(42(54)57-3)6-4-5-27-7-9-28(21-47)10-8-27/h7-17,19-20,36-37,40H,6,18,22-24H2,1-3H3,(H,50,53)(H,48,49,52)/t36-,37-,40?/m0/s1. The van der Waals surface area contributed by atoms with Gasteiger partial charge in [0.15, 0.2) is 26.9 Å². The van der Waals surface area contributed by atoms with E-state index in [0.29, 0.717) is 49.5 Å². The molecular formula is C44H37Cl2N5O9S2. The molecule has 0 spiro atoms. The molecule has 7 rings (SSSR count). The third-order valence-corrected chi connectivity index (χ3v) is 14.1. The van der Waals surface area contributed by atoms with Gasteiger partial charge in [-0.2, -0.15) is 9.57 Å². The minimum atomic E-state index is -4.46. The average Bonchev–Trinajstić information content (AvgIpc) is 3.64. The highest BCUT2D eigenvalue weighted by Gasteiger charge is 2.43. The summed E-state index contributed by atoms with van der Waals surface area (Å²) in [7, 11) is -3.29. The Bertz CT molecular complexity index is 2760. The number of nitrogens with zero attached hydrogens (tertiary/aromatic N) is 3. The number of rotatable bonds is 11. The molecule has 1 unspecified atom stereocenters. The molecular weight excluding hydrogens is 878 g/mol. The number of thiazole rings is 1. The molecule has 1 aromatic heterocycles. The zero-order valence-corrected chi connectivity index (χ0v) is 36.5. The maximum Gasteiger partial charge on any atom is 0.329 e. The highest BCUT2D eigenvalue weighted by atomic mass is 35.5. The molecule has 3 atom stereocenters. The summed E-state index contributed by atoms with van der Waals surface area (Å²) >= 11 is 12.9. The van der Waals surface area contributed by atoms with E-state index in [2.05, 4.69) is 27.5 Å². The largest absolute Gasteiger partial charge is 0.489 e. The highest BCUT2D eigenvalue weighted by molar-refractivity contribution is 7.91. The van der Waals surface area contributed by atoms with Gasteiger partial charge in [-0.3, -0.25) is 9.59 Å². The van der Waals surface area contributed by atoms with E-state index in [1.807, 2.05) is 36.4 Å². The van der Waals surface area contributed by atoms with Gasteiger partial charge >= 0.3 is 5.97 Å². The van der Waals surface area contributed by atoms with Crippen LogP contribution in [0.1, 0.15) is 58.5 Å². The van der Waals surface area contributed by atoms with E-state index in [0.717, 1.165) is 26.8 Å². The Kier molecular flexibility index (Phi) is 13.4. The summed E-state index contributed by atoms with van der Waals surface area (Å²) in [5.74, 6) is 5.23. The van der Waals surface area contributed by atoms with Gasteiger partial charge in [-0.25, -0.2) is 18.2 Å². The molecule has 0 aliphatic carbocycles. The van der Waals surface area contributed by atoms with Crippen LogP contribution in [0.15, 0.2) is 83.1 Å². The fraction of sp³-hybridized carbons (Fsp3) is 0.250. The van der Waals surface area contributed by atoms with Crippen molar-refractivity contribution in [3.05, 3.63) is 128 Å². The van der Waals surface area contributed by atoms with Crippen LogP contribution in [0.5, 0.6) is 17.2 Å². The number of benzene rings is 4. The first kappa shape index (κ1) is 43.9. The Labute approximate surface area is 371 Å².